The lowest BCUT2D eigenvalue weighted by Crippen LogP contribution is -2.06. The van der Waals surface area contributed by atoms with Gasteiger partial charge >= 0.3 is 5.97 Å². The van der Waals surface area contributed by atoms with E-state index in [1.165, 1.54) is 0 Å². The molecule has 4 aromatic carbocycles. The second-order valence-corrected chi connectivity index (χ2v) is 7.19. The Hall–Kier alpha value is -2.65. The first-order valence-corrected chi connectivity index (χ1v) is 9.25. The van der Waals surface area contributed by atoms with Crippen LogP contribution in [0.15, 0.2) is 77.3 Å². The van der Waals surface area contributed by atoms with Gasteiger partial charge in [-0.1, -0.05) is 70.5 Å². The first-order chi connectivity index (χ1) is 12.6. The van der Waals surface area contributed by atoms with Crippen LogP contribution in [0.5, 0.6) is 0 Å². The number of rotatable bonds is 3. The summed E-state index contributed by atoms with van der Waals surface area (Å²) in [5, 5.41) is 4.53. The van der Waals surface area contributed by atoms with E-state index in [0.29, 0.717) is 5.56 Å². The van der Waals surface area contributed by atoms with Crippen molar-refractivity contribution in [2.24, 2.45) is 0 Å². The lowest BCUT2D eigenvalue weighted by Gasteiger charge is -2.12. The highest BCUT2D eigenvalue weighted by atomic mass is 79.9. The molecule has 4 rings (SSSR count). The Morgan fingerprint density at radius 2 is 1.50 bits per heavy atom. The standard InChI is InChI=1S/C23H17BrO2/c1-15-10-11-18(13-22(15)24)23(25)26-14-21-19-8-4-2-6-16(19)12-17-7-3-5-9-20(17)21/h2-13H,14H2,1H3. The molecule has 3 heteroatoms. The number of hydrogen-bond acceptors (Lipinski definition) is 2. The number of carbonyl (C=O) groups is 1. The summed E-state index contributed by atoms with van der Waals surface area (Å²) in [5.74, 6) is -0.317. The molecule has 0 radical (unpaired) electrons. The topological polar surface area (TPSA) is 26.3 Å². The Morgan fingerprint density at radius 3 is 2.12 bits per heavy atom. The van der Waals surface area contributed by atoms with Crippen LogP contribution < -0.4 is 0 Å². The van der Waals surface area contributed by atoms with E-state index in [-0.39, 0.29) is 12.6 Å². The van der Waals surface area contributed by atoms with Gasteiger partial charge in [-0.3, -0.25) is 0 Å². The number of hydrogen-bond donors (Lipinski definition) is 0. The SMILES string of the molecule is Cc1ccc(C(=O)OCc2c3ccccc3cc3ccccc23)cc1Br. The summed E-state index contributed by atoms with van der Waals surface area (Å²) in [6.07, 6.45) is 0. The van der Waals surface area contributed by atoms with Crippen LogP contribution in [0.25, 0.3) is 21.5 Å². The largest absolute Gasteiger partial charge is 0.457 e. The maximum absolute atomic E-state index is 12.5. The second kappa shape index (κ2) is 6.93. The molecule has 0 spiro atoms. The second-order valence-electron chi connectivity index (χ2n) is 6.34. The van der Waals surface area contributed by atoms with E-state index >= 15 is 0 Å². The zero-order valence-corrected chi connectivity index (χ0v) is 15.9. The molecule has 0 heterocycles. The van der Waals surface area contributed by atoms with Gasteiger partial charge in [0, 0.05) is 10.0 Å². The molecular weight excluding hydrogens is 388 g/mol. The van der Waals surface area contributed by atoms with Crippen molar-refractivity contribution in [3.8, 4) is 0 Å². The molecule has 0 atom stereocenters. The number of esters is 1. The highest BCUT2D eigenvalue weighted by Crippen LogP contribution is 2.29. The fourth-order valence-corrected chi connectivity index (χ4v) is 3.58. The predicted octanol–water partition coefficient (Wildman–Crippen LogP) is 6.42. The number of aryl methyl sites for hydroxylation is 1. The van der Waals surface area contributed by atoms with Crippen LogP contribution in [-0.4, -0.2) is 5.97 Å². The van der Waals surface area contributed by atoms with Crippen LogP contribution in [0.4, 0.5) is 0 Å². The maximum Gasteiger partial charge on any atom is 0.338 e. The van der Waals surface area contributed by atoms with Gasteiger partial charge in [-0.15, -0.1) is 0 Å². The van der Waals surface area contributed by atoms with Gasteiger partial charge < -0.3 is 4.74 Å². The van der Waals surface area contributed by atoms with Crippen LogP contribution in [0, 0.1) is 6.92 Å². The smallest absolute Gasteiger partial charge is 0.338 e. The van der Waals surface area contributed by atoms with Gasteiger partial charge in [0.1, 0.15) is 6.61 Å². The zero-order chi connectivity index (χ0) is 18.1. The van der Waals surface area contributed by atoms with Crippen LogP contribution in [0.1, 0.15) is 21.5 Å². The monoisotopic (exact) mass is 404 g/mol. The first kappa shape index (κ1) is 16.8. The Labute approximate surface area is 160 Å². The Kier molecular flexibility index (Phi) is 4.48. The van der Waals surface area contributed by atoms with Crippen molar-refractivity contribution < 1.29 is 9.53 Å². The zero-order valence-electron chi connectivity index (χ0n) is 14.3. The summed E-state index contributed by atoms with van der Waals surface area (Å²) in [7, 11) is 0. The van der Waals surface area contributed by atoms with E-state index < -0.39 is 0 Å². The average molecular weight is 405 g/mol. The molecule has 4 aromatic rings. The van der Waals surface area contributed by atoms with Crippen molar-refractivity contribution in [1.82, 2.24) is 0 Å². The van der Waals surface area contributed by atoms with Gasteiger partial charge in [-0.05, 0) is 52.2 Å². The van der Waals surface area contributed by atoms with Crippen molar-refractivity contribution in [1.29, 1.82) is 0 Å². The van der Waals surface area contributed by atoms with E-state index in [0.717, 1.165) is 37.1 Å². The van der Waals surface area contributed by atoms with Gasteiger partial charge in [0.2, 0.25) is 0 Å². The molecule has 2 nitrogen and oxygen atoms in total. The molecule has 0 saturated carbocycles. The molecule has 0 N–H and O–H groups in total. The molecule has 0 fully saturated rings. The van der Waals surface area contributed by atoms with Crippen molar-refractivity contribution in [2.45, 2.75) is 13.5 Å². The number of fused-ring (bicyclic) bond motifs is 2. The van der Waals surface area contributed by atoms with Gasteiger partial charge in [-0.25, -0.2) is 4.79 Å². The third kappa shape index (κ3) is 3.11. The summed E-state index contributed by atoms with van der Waals surface area (Å²) in [4.78, 5) is 12.5. The summed E-state index contributed by atoms with van der Waals surface area (Å²) in [6, 6.07) is 24.1. The number of carbonyl (C=O) groups excluding carboxylic acids is 1. The quantitative estimate of drug-likeness (QED) is 0.290. The molecular formula is C23H17BrO2. The number of ether oxygens (including phenoxy) is 1. The highest BCUT2D eigenvalue weighted by Gasteiger charge is 2.12. The molecule has 0 unspecified atom stereocenters. The Morgan fingerprint density at radius 1 is 0.885 bits per heavy atom. The van der Waals surface area contributed by atoms with Gasteiger partial charge in [0.25, 0.3) is 0 Å². The third-order valence-corrected chi connectivity index (χ3v) is 5.49. The molecule has 0 bridgehead atoms. The average Bonchev–Trinajstić information content (AvgIpc) is 2.67. The molecule has 26 heavy (non-hydrogen) atoms. The van der Waals surface area contributed by atoms with Crippen molar-refractivity contribution in [3.05, 3.63) is 94.0 Å². The predicted molar refractivity (Wildman–Crippen MR) is 109 cm³/mol. The molecule has 0 aliphatic carbocycles. The van der Waals surface area contributed by atoms with Crippen molar-refractivity contribution in [2.75, 3.05) is 0 Å². The first-order valence-electron chi connectivity index (χ1n) is 8.46. The molecule has 0 aromatic heterocycles. The minimum absolute atomic E-state index is 0.242. The summed E-state index contributed by atoms with van der Waals surface area (Å²) in [5.41, 5.74) is 2.67. The van der Waals surface area contributed by atoms with Crippen LogP contribution in [-0.2, 0) is 11.3 Å². The molecule has 0 saturated heterocycles. The third-order valence-electron chi connectivity index (χ3n) is 4.64. The maximum atomic E-state index is 12.5. The lowest BCUT2D eigenvalue weighted by molar-refractivity contribution is 0.0476. The van der Waals surface area contributed by atoms with Gasteiger partial charge in [0.05, 0.1) is 5.56 Å². The fourth-order valence-electron chi connectivity index (χ4n) is 3.20. The van der Waals surface area contributed by atoms with Crippen molar-refractivity contribution >= 4 is 43.4 Å². The van der Waals surface area contributed by atoms with Gasteiger partial charge in [0.15, 0.2) is 0 Å². The minimum Gasteiger partial charge on any atom is -0.457 e. The normalized spacial score (nSPS) is 11.0. The van der Waals surface area contributed by atoms with E-state index in [9.17, 15) is 4.79 Å². The number of halogens is 1. The van der Waals surface area contributed by atoms with Gasteiger partial charge in [-0.2, -0.15) is 0 Å². The summed E-state index contributed by atoms with van der Waals surface area (Å²) >= 11 is 3.47. The summed E-state index contributed by atoms with van der Waals surface area (Å²) < 4.78 is 6.57. The Bertz CT molecular complexity index is 1080. The lowest BCUT2D eigenvalue weighted by atomic mass is 9.97. The van der Waals surface area contributed by atoms with E-state index in [4.69, 9.17) is 4.74 Å². The van der Waals surface area contributed by atoms with Crippen LogP contribution >= 0.6 is 15.9 Å². The minimum atomic E-state index is -0.317. The Balaban J connectivity index is 1.71. The molecule has 0 aliphatic heterocycles. The van der Waals surface area contributed by atoms with Crippen molar-refractivity contribution in [3.63, 3.8) is 0 Å². The van der Waals surface area contributed by atoms with E-state index in [1.807, 2.05) is 37.3 Å². The van der Waals surface area contributed by atoms with Crippen LogP contribution in [0.2, 0.25) is 0 Å². The van der Waals surface area contributed by atoms with Crippen LogP contribution in [0.3, 0.4) is 0 Å². The molecule has 128 valence electrons. The molecule has 0 amide bonds. The van der Waals surface area contributed by atoms with E-state index in [2.05, 4.69) is 46.3 Å². The van der Waals surface area contributed by atoms with E-state index in [1.54, 1.807) is 12.1 Å². The highest BCUT2D eigenvalue weighted by molar-refractivity contribution is 9.10. The summed E-state index contributed by atoms with van der Waals surface area (Å²) in [6.45, 7) is 2.23. The molecule has 0 aliphatic rings. The number of benzene rings is 4. The fraction of sp³-hybridized carbons (Fsp3) is 0.0870.